The van der Waals surface area contributed by atoms with Gasteiger partial charge in [0.2, 0.25) is 47.3 Å². The van der Waals surface area contributed by atoms with Crippen LogP contribution in [0.4, 0.5) is 5.69 Å². The molecule has 0 aliphatic carbocycles. The molecule has 32 nitrogen and oxygen atoms in total. The molecular weight excluding hydrogens is 1120 g/mol. The zero-order chi connectivity index (χ0) is 61.5. The van der Waals surface area contributed by atoms with Gasteiger partial charge in [-0.3, -0.25) is 63.6 Å². The predicted octanol–water partition coefficient (Wildman–Crippen LogP) is -6.51. The molecule has 2 fully saturated rings. The lowest BCUT2D eigenvalue weighted by Gasteiger charge is -2.33. The highest BCUT2D eigenvalue weighted by molar-refractivity contribution is 7.09. The molecule has 2 aromatic rings. The number of hydrogen-bond donors (Lipinski definition) is 15. The van der Waals surface area contributed by atoms with E-state index >= 15 is 0 Å². The van der Waals surface area contributed by atoms with Crippen molar-refractivity contribution in [1.29, 1.82) is 0 Å². The van der Waals surface area contributed by atoms with Crippen LogP contribution in [-0.4, -0.2) is 216 Å². The fraction of sp³-hybridized carbons (Fsp3) is 0.549. The zero-order valence-electron chi connectivity index (χ0n) is 46.1. The van der Waals surface area contributed by atoms with E-state index in [1.807, 2.05) is 0 Å². The number of aliphatic carboxylic acids is 1. The van der Waals surface area contributed by atoms with Crippen molar-refractivity contribution in [2.45, 2.75) is 119 Å². The van der Waals surface area contributed by atoms with E-state index in [0.717, 1.165) is 9.80 Å². The molecule has 84 heavy (non-hydrogen) atoms. The maximum atomic E-state index is 14.4. The van der Waals surface area contributed by atoms with E-state index in [4.69, 9.17) is 39.1 Å². The second-order valence-electron chi connectivity index (χ2n) is 19.9. The molecule has 33 heteroatoms. The molecule has 0 radical (unpaired) electrons. The maximum absolute atomic E-state index is 14.4. The van der Waals surface area contributed by atoms with Crippen molar-refractivity contribution in [2.75, 3.05) is 63.9 Å². The van der Waals surface area contributed by atoms with Gasteiger partial charge < -0.3 is 95.6 Å². The molecule has 1 aromatic carbocycles. The molecule has 9 atom stereocenters. The van der Waals surface area contributed by atoms with Crippen molar-refractivity contribution in [3.8, 4) is 5.75 Å². The van der Waals surface area contributed by atoms with E-state index in [1.165, 1.54) is 28.4 Å². The number of hydrogen-bond acceptors (Lipinski definition) is 18. The number of aliphatic hydroxyl groups is 2. The molecule has 3 aliphatic rings. The first kappa shape index (κ1) is 66.1. The average molecular weight is 1200 g/mol. The van der Waals surface area contributed by atoms with E-state index in [0.29, 0.717) is 24.0 Å². The number of fused-ring (bicyclic) bond motifs is 1. The Kier molecular flexibility index (Phi) is 25.8. The van der Waals surface area contributed by atoms with E-state index in [9.17, 15) is 63.3 Å². The third-order valence-corrected chi connectivity index (χ3v) is 14.7. The number of carbonyl (C=O) groups is 10. The molecule has 5 rings (SSSR count). The van der Waals surface area contributed by atoms with E-state index in [1.54, 1.807) is 29.6 Å². The minimum atomic E-state index is -1.58. The highest BCUT2D eigenvalue weighted by Gasteiger charge is 2.47. The Labute approximate surface area is 486 Å². The number of benzene rings is 1. The van der Waals surface area contributed by atoms with Crippen LogP contribution in [0.15, 0.2) is 56.8 Å². The number of aliphatic hydroxyl groups excluding tert-OH is 2. The Bertz CT molecular complexity index is 2720. The van der Waals surface area contributed by atoms with Crippen LogP contribution in [0, 0.1) is 0 Å². The number of nitrogens with one attached hydrogen (secondary N) is 6. The highest BCUT2D eigenvalue weighted by Crippen LogP contribution is 2.31. The Morgan fingerprint density at radius 3 is 2.01 bits per heavy atom. The second kappa shape index (κ2) is 32.8. The van der Waals surface area contributed by atoms with Gasteiger partial charge in [0.05, 0.1) is 31.0 Å². The Morgan fingerprint density at radius 1 is 0.750 bits per heavy atom. The number of aliphatic imine (C=N–C) groups is 3. The van der Waals surface area contributed by atoms with E-state index in [-0.39, 0.29) is 113 Å². The first-order chi connectivity index (χ1) is 40.1. The minimum absolute atomic E-state index is 0.0292. The van der Waals surface area contributed by atoms with Crippen LogP contribution in [0.3, 0.4) is 0 Å². The zero-order valence-corrected chi connectivity index (χ0v) is 47.0. The summed E-state index contributed by atoms with van der Waals surface area (Å²) in [5.74, 6) is -8.10. The molecule has 3 aliphatic heterocycles. The third kappa shape index (κ3) is 19.8. The second-order valence-corrected chi connectivity index (χ2v) is 20.9. The largest absolute Gasteiger partial charge is 0.489 e. The summed E-state index contributed by atoms with van der Waals surface area (Å²) >= 11 is 1.26. The van der Waals surface area contributed by atoms with Gasteiger partial charge in [-0.15, -0.1) is 11.3 Å². The van der Waals surface area contributed by atoms with Crippen LogP contribution in [0.25, 0.3) is 0 Å². The number of guanidine groups is 3. The first-order valence-electron chi connectivity index (χ1n) is 27.1. The summed E-state index contributed by atoms with van der Waals surface area (Å²) in [6.07, 6.45) is 0.493. The molecule has 1 unspecified atom stereocenters. The Balaban J connectivity index is 1.24. The van der Waals surface area contributed by atoms with Gasteiger partial charge in [-0.2, -0.15) is 0 Å². The number of nitrogens with two attached hydrogens (primary N) is 6. The summed E-state index contributed by atoms with van der Waals surface area (Å²) < 4.78 is 5.91. The number of aldehydes is 1. The number of likely N-dealkylation sites (tertiary alicyclic amines) is 2. The number of rotatable bonds is 32. The minimum Gasteiger partial charge on any atom is -0.489 e. The number of carboxylic acids is 1. The van der Waals surface area contributed by atoms with Crippen molar-refractivity contribution < 1.29 is 68.0 Å². The fourth-order valence-electron chi connectivity index (χ4n) is 9.58. The predicted molar refractivity (Wildman–Crippen MR) is 305 cm³/mol. The lowest BCUT2D eigenvalue weighted by atomic mass is 10.1. The van der Waals surface area contributed by atoms with Gasteiger partial charge in [0.25, 0.3) is 0 Å². The van der Waals surface area contributed by atoms with Gasteiger partial charge in [0, 0.05) is 44.0 Å². The summed E-state index contributed by atoms with van der Waals surface area (Å²) in [5.41, 5.74) is 32.5. The van der Waals surface area contributed by atoms with Gasteiger partial charge >= 0.3 is 5.97 Å². The molecule has 0 spiro atoms. The fourth-order valence-corrected chi connectivity index (χ4v) is 10.3. The molecule has 0 saturated carbocycles. The highest BCUT2D eigenvalue weighted by atomic mass is 32.1. The van der Waals surface area contributed by atoms with E-state index < -0.39 is 134 Å². The molecule has 8 amide bonds. The molecular formula is C51H76N18O14S. The quantitative estimate of drug-likeness (QED) is 0.0140. The summed E-state index contributed by atoms with van der Waals surface area (Å²) in [5, 5.41) is 48.8. The van der Waals surface area contributed by atoms with E-state index in [2.05, 4.69) is 46.9 Å². The maximum Gasteiger partial charge on any atom is 0.326 e. The molecule has 0 bridgehead atoms. The summed E-state index contributed by atoms with van der Waals surface area (Å²) in [6.45, 7) is -2.36. The SMILES string of the molecule is NC(N)=NCCC[C@H](NC(=O)CN1C(=O)[C@H](N[C@@H](CO)C(=O)N[C@@H](Cc2cccs2)C(=O)NCC(=O)N2CCC(O)[C@H]2C(=O)N2CCC[C@H]2C(=O)N[C@@H](CCCN=C(N)N)C(=O)N[C@@H](C=O)CCCN=C(N)N)COc2ccccc21)C(=O)O. The molecule has 21 N–H and O–H groups in total. The summed E-state index contributed by atoms with van der Waals surface area (Å²) in [4.78, 5) is 151. The van der Waals surface area contributed by atoms with Crippen LogP contribution in [0.2, 0.25) is 0 Å². The van der Waals surface area contributed by atoms with Gasteiger partial charge in [0.1, 0.15) is 67.5 Å². The number of anilines is 1. The Morgan fingerprint density at radius 2 is 1.39 bits per heavy atom. The van der Waals surface area contributed by atoms with Crippen molar-refractivity contribution in [1.82, 2.24) is 41.7 Å². The lowest BCUT2D eigenvalue weighted by Crippen LogP contribution is -2.60. The van der Waals surface area contributed by atoms with Gasteiger partial charge in [-0.05, 0) is 81.4 Å². The van der Waals surface area contributed by atoms with Crippen molar-refractivity contribution in [3.05, 3.63) is 46.7 Å². The van der Waals surface area contributed by atoms with Crippen LogP contribution in [0.5, 0.6) is 5.75 Å². The van der Waals surface area contributed by atoms with Crippen molar-refractivity contribution in [2.24, 2.45) is 49.4 Å². The lowest BCUT2D eigenvalue weighted by molar-refractivity contribution is -0.149. The topological polar surface area (TPSA) is 516 Å². The number of nitrogens with zero attached hydrogens (tertiary/aromatic N) is 6. The van der Waals surface area contributed by atoms with Crippen LogP contribution < -0.4 is 75.9 Å². The molecule has 1 aromatic heterocycles. The van der Waals surface area contributed by atoms with Crippen molar-refractivity contribution in [3.63, 3.8) is 0 Å². The normalized spacial score (nSPS) is 19.1. The monoisotopic (exact) mass is 1200 g/mol. The number of para-hydroxylation sites is 2. The number of carbonyl (C=O) groups excluding carboxylic acids is 9. The average Bonchev–Trinajstić information content (AvgIpc) is 3.07. The molecule has 4 heterocycles. The number of amides is 8. The summed E-state index contributed by atoms with van der Waals surface area (Å²) in [7, 11) is 0. The first-order valence-corrected chi connectivity index (χ1v) is 28.0. The van der Waals surface area contributed by atoms with Gasteiger partial charge in [-0.25, -0.2) is 4.79 Å². The van der Waals surface area contributed by atoms with Gasteiger partial charge in [0.15, 0.2) is 17.9 Å². The Hall–Kier alpha value is -8.69. The van der Waals surface area contributed by atoms with Crippen LogP contribution >= 0.6 is 11.3 Å². The van der Waals surface area contributed by atoms with Gasteiger partial charge in [-0.1, -0.05) is 18.2 Å². The van der Waals surface area contributed by atoms with Crippen LogP contribution in [-0.2, 0) is 54.4 Å². The van der Waals surface area contributed by atoms with Crippen LogP contribution in [0.1, 0.15) is 62.7 Å². The number of ether oxygens (including phenoxy) is 1. The number of carboxylic acid groups (broad SMARTS) is 1. The standard InChI is InChI=1S/C51H76N18O14S/c52-49(53)58-16-3-8-28(25-70)62-43(76)30(10-4-17-59-50(54)55)65-45(78)36-13-6-19-67(36)47(80)41-37(72)15-20-68(41)40(74)23-61-42(75)32(22-29-9-7-21-84-29)66-44(77)33(26-71)63-34-27-83-38-14-2-1-12-35(38)69(46(34)79)24-39(73)64-31(48(81)82)11-5-18-60-51(56)57/h1-2,7,9,12,14,21,25,28,30-34,36-37,41,63,71-72H,3-6,8,10-11,13,15-20,22-24,26-27H2,(H,61,75)(H,62,76)(H,64,73)(H,65,78)(H,66,77)(H,81,82)(H4,52,53,58)(H4,54,55,59)(H4,56,57,60)/t28-,30+,31+,32+,33+,34-,36+,37?,41+/m1/s1. The summed E-state index contributed by atoms with van der Waals surface area (Å²) in [6, 6.07) is -0.889. The molecule has 2 saturated heterocycles. The molecule has 460 valence electrons. The smallest absolute Gasteiger partial charge is 0.326 e. The number of thiophene rings is 1. The third-order valence-electron chi connectivity index (χ3n) is 13.8. The van der Waals surface area contributed by atoms with Crippen molar-refractivity contribution >= 4 is 94.4 Å².